The minimum absolute atomic E-state index is 0.174. The molecule has 0 bridgehead atoms. The highest BCUT2D eigenvalue weighted by Crippen LogP contribution is 2.39. The lowest BCUT2D eigenvalue weighted by molar-refractivity contribution is -0.130. The number of rotatable bonds is 7. The number of nitrogens with one attached hydrogen (secondary N) is 1. The molecule has 0 saturated carbocycles. The SMILES string of the molecule is CCOc1cc(-c2[nH]c3ccc(C4CCN(CC(=O)N(C)C)CC4)cc3c2C(C)C)cc2nc(C)nn12. The standard InChI is InChI=1S/C29H38N6O2/c1-7-37-27-16-22(15-25-30-19(4)32-35(25)27)29-28(18(2)3)23-14-21(8-9-24(23)31-29)20-10-12-34(13-11-20)17-26(36)33(5)6/h8-9,14-16,18,20,31H,7,10-13,17H2,1-6H3. The van der Waals surface area contributed by atoms with Crippen LogP contribution in [0.4, 0.5) is 0 Å². The third-order valence-corrected chi connectivity index (χ3v) is 7.45. The second-order valence-corrected chi connectivity index (χ2v) is 10.7. The van der Waals surface area contributed by atoms with Crippen LogP contribution < -0.4 is 4.74 Å². The van der Waals surface area contributed by atoms with Crippen LogP contribution in [-0.4, -0.2) is 75.6 Å². The van der Waals surface area contributed by atoms with Crippen molar-refractivity contribution >= 4 is 22.5 Å². The number of carbonyl (C=O) groups excluding carboxylic acids is 1. The number of nitrogens with zero attached hydrogens (tertiary/aromatic N) is 5. The molecule has 0 radical (unpaired) electrons. The molecular weight excluding hydrogens is 464 g/mol. The Morgan fingerprint density at radius 2 is 1.95 bits per heavy atom. The summed E-state index contributed by atoms with van der Waals surface area (Å²) in [5.41, 5.74) is 6.80. The van der Waals surface area contributed by atoms with E-state index in [0.29, 0.717) is 30.9 Å². The molecule has 4 heterocycles. The van der Waals surface area contributed by atoms with Crippen LogP contribution >= 0.6 is 0 Å². The maximum atomic E-state index is 12.1. The molecule has 1 aliphatic heterocycles. The molecule has 1 fully saturated rings. The molecule has 0 atom stereocenters. The Balaban J connectivity index is 1.48. The number of hydrogen-bond acceptors (Lipinski definition) is 5. The van der Waals surface area contributed by atoms with Gasteiger partial charge in [0.15, 0.2) is 5.65 Å². The predicted molar refractivity (Wildman–Crippen MR) is 147 cm³/mol. The van der Waals surface area contributed by atoms with Gasteiger partial charge in [-0.15, -0.1) is 5.10 Å². The van der Waals surface area contributed by atoms with Crippen molar-refractivity contribution in [1.29, 1.82) is 0 Å². The van der Waals surface area contributed by atoms with Crippen LogP contribution in [0.3, 0.4) is 0 Å². The molecule has 8 heteroatoms. The van der Waals surface area contributed by atoms with Gasteiger partial charge in [0, 0.05) is 36.6 Å². The van der Waals surface area contributed by atoms with E-state index in [9.17, 15) is 4.79 Å². The third-order valence-electron chi connectivity index (χ3n) is 7.45. The Bertz CT molecular complexity index is 1430. The number of benzene rings is 1. The zero-order chi connectivity index (χ0) is 26.3. The molecule has 0 aliphatic carbocycles. The number of likely N-dealkylation sites (tertiary alicyclic amines) is 1. The Labute approximate surface area is 218 Å². The molecule has 196 valence electrons. The molecule has 1 aliphatic rings. The van der Waals surface area contributed by atoms with E-state index in [0.717, 1.165) is 54.2 Å². The molecule has 1 amide bonds. The average Bonchev–Trinajstić information content (AvgIpc) is 3.44. The van der Waals surface area contributed by atoms with Gasteiger partial charge >= 0.3 is 0 Å². The minimum Gasteiger partial charge on any atom is -0.478 e. The fourth-order valence-corrected chi connectivity index (χ4v) is 5.53. The predicted octanol–water partition coefficient (Wildman–Crippen LogP) is 4.98. The number of piperidine rings is 1. The van der Waals surface area contributed by atoms with E-state index >= 15 is 0 Å². The number of amides is 1. The molecule has 37 heavy (non-hydrogen) atoms. The van der Waals surface area contributed by atoms with Gasteiger partial charge in [0.05, 0.1) is 18.8 Å². The Morgan fingerprint density at radius 1 is 1.19 bits per heavy atom. The van der Waals surface area contributed by atoms with Crippen LogP contribution in [0.15, 0.2) is 30.3 Å². The largest absolute Gasteiger partial charge is 0.478 e. The van der Waals surface area contributed by atoms with Crippen molar-refractivity contribution in [2.24, 2.45) is 0 Å². The summed E-state index contributed by atoms with van der Waals surface area (Å²) in [6.07, 6.45) is 2.14. The highest BCUT2D eigenvalue weighted by atomic mass is 16.5. The van der Waals surface area contributed by atoms with Crippen LogP contribution in [0.2, 0.25) is 0 Å². The van der Waals surface area contributed by atoms with E-state index in [2.05, 4.69) is 64.1 Å². The lowest BCUT2D eigenvalue weighted by atomic mass is 9.87. The zero-order valence-electron chi connectivity index (χ0n) is 22.8. The molecule has 3 aromatic heterocycles. The van der Waals surface area contributed by atoms with Crippen molar-refractivity contribution in [2.75, 3.05) is 40.3 Å². The third kappa shape index (κ3) is 4.94. The number of H-pyrrole nitrogens is 1. The molecule has 0 spiro atoms. The topological polar surface area (TPSA) is 78.8 Å². The fourth-order valence-electron chi connectivity index (χ4n) is 5.53. The molecule has 1 N–H and O–H groups in total. The highest BCUT2D eigenvalue weighted by molar-refractivity contribution is 5.92. The molecule has 4 aromatic rings. The lowest BCUT2D eigenvalue weighted by Gasteiger charge is -2.32. The van der Waals surface area contributed by atoms with Gasteiger partial charge in [-0.25, -0.2) is 4.98 Å². The van der Waals surface area contributed by atoms with E-state index in [1.807, 2.05) is 27.9 Å². The summed E-state index contributed by atoms with van der Waals surface area (Å²) in [4.78, 5) is 24.4. The van der Waals surface area contributed by atoms with E-state index in [1.165, 1.54) is 16.5 Å². The Hall–Kier alpha value is -3.39. The maximum Gasteiger partial charge on any atom is 0.236 e. The molecular formula is C29H38N6O2. The van der Waals surface area contributed by atoms with Gasteiger partial charge in [-0.1, -0.05) is 19.9 Å². The van der Waals surface area contributed by atoms with E-state index < -0.39 is 0 Å². The normalized spacial score (nSPS) is 15.2. The summed E-state index contributed by atoms with van der Waals surface area (Å²) < 4.78 is 7.71. The summed E-state index contributed by atoms with van der Waals surface area (Å²) in [6.45, 7) is 11.4. The van der Waals surface area contributed by atoms with Crippen LogP contribution in [0.5, 0.6) is 5.88 Å². The van der Waals surface area contributed by atoms with Crippen LogP contribution in [0.1, 0.15) is 62.4 Å². The lowest BCUT2D eigenvalue weighted by Crippen LogP contribution is -2.40. The van der Waals surface area contributed by atoms with E-state index in [4.69, 9.17) is 4.74 Å². The fraction of sp³-hybridized carbons (Fsp3) is 0.483. The number of aromatic nitrogens is 4. The smallest absolute Gasteiger partial charge is 0.236 e. The molecule has 5 rings (SSSR count). The number of aromatic amines is 1. The quantitative estimate of drug-likeness (QED) is 0.386. The summed E-state index contributed by atoms with van der Waals surface area (Å²) in [5.74, 6) is 2.44. The van der Waals surface area contributed by atoms with Crippen molar-refractivity contribution in [2.45, 2.75) is 52.4 Å². The second-order valence-electron chi connectivity index (χ2n) is 10.7. The number of likely N-dealkylation sites (N-methyl/N-ethyl adjacent to an activating group) is 1. The van der Waals surface area contributed by atoms with Crippen molar-refractivity contribution in [3.8, 4) is 17.1 Å². The minimum atomic E-state index is 0.174. The van der Waals surface area contributed by atoms with Gasteiger partial charge in [-0.2, -0.15) is 4.52 Å². The van der Waals surface area contributed by atoms with Crippen LogP contribution in [-0.2, 0) is 4.79 Å². The highest BCUT2D eigenvalue weighted by Gasteiger charge is 2.24. The zero-order valence-corrected chi connectivity index (χ0v) is 22.8. The van der Waals surface area contributed by atoms with Crippen molar-refractivity contribution in [3.05, 3.63) is 47.3 Å². The maximum absolute atomic E-state index is 12.1. The van der Waals surface area contributed by atoms with Gasteiger partial charge < -0.3 is 14.6 Å². The van der Waals surface area contributed by atoms with Gasteiger partial charge in [0.25, 0.3) is 0 Å². The summed E-state index contributed by atoms with van der Waals surface area (Å²) in [5, 5.41) is 5.79. The summed E-state index contributed by atoms with van der Waals surface area (Å²) >= 11 is 0. The first-order valence-corrected chi connectivity index (χ1v) is 13.3. The first kappa shape index (κ1) is 25.3. The van der Waals surface area contributed by atoms with Crippen LogP contribution in [0.25, 0.3) is 27.8 Å². The number of ether oxygens (including phenoxy) is 1. The number of aryl methyl sites for hydroxylation is 1. The van der Waals surface area contributed by atoms with Crippen molar-refractivity contribution < 1.29 is 9.53 Å². The van der Waals surface area contributed by atoms with E-state index in [-0.39, 0.29) is 5.91 Å². The second kappa shape index (κ2) is 10.2. The summed E-state index contributed by atoms with van der Waals surface area (Å²) in [6, 6.07) is 11.0. The molecule has 8 nitrogen and oxygen atoms in total. The first-order valence-electron chi connectivity index (χ1n) is 13.3. The average molecular weight is 503 g/mol. The van der Waals surface area contributed by atoms with Gasteiger partial charge in [0.2, 0.25) is 11.8 Å². The van der Waals surface area contributed by atoms with Gasteiger partial charge in [0.1, 0.15) is 5.82 Å². The molecule has 1 aromatic carbocycles. The van der Waals surface area contributed by atoms with Crippen molar-refractivity contribution in [3.63, 3.8) is 0 Å². The number of carbonyl (C=O) groups is 1. The Morgan fingerprint density at radius 3 is 2.62 bits per heavy atom. The van der Waals surface area contributed by atoms with E-state index in [1.54, 1.807) is 9.42 Å². The first-order chi connectivity index (χ1) is 17.7. The number of pyridine rings is 1. The monoisotopic (exact) mass is 502 g/mol. The Kier molecular flexibility index (Phi) is 6.94. The van der Waals surface area contributed by atoms with Crippen LogP contribution in [0, 0.1) is 6.92 Å². The number of hydrogen-bond donors (Lipinski definition) is 1. The van der Waals surface area contributed by atoms with Gasteiger partial charge in [-0.05, 0) is 80.9 Å². The van der Waals surface area contributed by atoms with Gasteiger partial charge in [-0.3, -0.25) is 9.69 Å². The summed E-state index contributed by atoms with van der Waals surface area (Å²) in [7, 11) is 3.65. The number of fused-ring (bicyclic) bond motifs is 2. The molecule has 1 saturated heterocycles. The van der Waals surface area contributed by atoms with Crippen molar-refractivity contribution in [1.82, 2.24) is 29.4 Å². The molecule has 0 unspecified atom stereocenters.